The van der Waals surface area contributed by atoms with E-state index in [2.05, 4.69) is 4.90 Å². The molecular formula is C13H18FNO2. The van der Waals surface area contributed by atoms with E-state index in [1.54, 1.807) is 12.1 Å². The molecule has 4 heteroatoms. The summed E-state index contributed by atoms with van der Waals surface area (Å²) in [5, 5.41) is 9.06. The second-order valence-electron chi connectivity index (χ2n) is 4.53. The zero-order valence-corrected chi connectivity index (χ0v) is 10.0. The van der Waals surface area contributed by atoms with Gasteiger partial charge in [-0.15, -0.1) is 0 Å². The lowest BCUT2D eigenvalue weighted by atomic mass is 10.1. The van der Waals surface area contributed by atoms with E-state index in [1.807, 2.05) is 0 Å². The van der Waals surface area contributed by atoms with Crippen LogP contribution in [0.15, 0.2) is 18.2 Å². The van der Waals surface area contributed by atoms with E-state index in [0.29, 0.717) is 23.8 Å². The predicted octanol–water partition coefficient (Wildman–Crippen LogP) is 1.65. The topological polar surface area (TPSA) is 32.7 Å². The smallest absolute Gasteiger partial charge is 0.131 e. The molecule has 1 saturated heterocycles. The Hall–Kier alpha value is -1.13. The number of hydrogen-bond acceptors (Lipinski definition) is 3. The lowest BCUT2D eigenvalue weighted by Crippen LogP contribution is -2.21. The summed E-state index contributed by atoms with van der Waals surface area (Å²) in [5.74, 6) is 0.661. The van der Waals surface area contributed by atoms with Crippen LogP contribution in [0.1, 0.15) is 12.0 Å². The van der Waals surface area contributed by atoms with E-state index in [9.17, 15) is 4.39 Å². The molecule has 0 spiro atoms. The molecule has 1 aliphatic rings. The van der Waals surface area contributed by atoms with Crippen molar-refractivity contribution in [3.05, 3.63) is 29.6 Å². The van der Waals surface area contributed by atoms with E-state index in [4.69, 9.17) is 9.84 Å². The molecule has 94 valence electrons. The highest BCUT2D eigenvalue weighted by molar-refractivity contribution is 5.28. The van der Waals surface area contributed by atoms with Crippen molar-refractivity contribution in [2.24, 2.45) is 5.92 Å². The van der Waals surface area contributed by atoms with Gasteiger partial charge in [-0.2, -0.15) is 0 Å². The summed E-state index contributed by atoms with van der Waals surface area (Å²) in [6.07, 6.45) is 0.994. The molecule has 1 N–H and O–H groups in total. The van der Waals surface area contributed by atoms with Gasteiger partial charge in [0, 0.05) is 31.3 Å². The van der Waals surface area contributed by atoms with E-state index in [-0.39, 0.29) is 12.4 Å². The van der Waals surface area contributed by atoms with Crippen LogP contribution >= 0.6 is 0 Å². The average molecular weight is 239 g/mol. The molecule has 3 nitrogen and oxygen atoms in total. The van der Waals surface area contributed by atoms with Crippen molar-refractivity contribution in [2.75, 3.05) is 26.8 Å². The number of methoxy groups -OCH3 is 1. The monoisotopic (exact) mass is 239 g/mol. The van der Waals surface area contributed by atoms with Crippen molar-refractivity contribution < 1.29 is 14.2 Å². The van der Waals surface area contributed by atoms with Gasteiger partial charge in [0.1, 0.15) is 11.6 Å². The molecule has 0 amide bonds. The van der Waals surface area contributed by atoms with Gasteiger partial charge in [0.15, 0.2) is 0 Å². The number of aliphatic hydroxyl groups is 1. The average Bonchev–Trinajstić information content (AvgIpc) is 2.79. The highest BCUT2D eigenvalue weighted by Crippen LogP contribution is 2.21. The summed E-state index contributed by atoms with van der Waals surface area (Å²) in [6, 6.07) is 4.95. The first kappa shape index (κ1) is 12.3. The fourth-order valence-electron chi connectivity index (χ4n) is 2.23. The first-order valence-corrected chi connectivity index (χ1v) is 5.88. The fraction of sp³-hybridized carbons (Fsp3) is 0.538. The second kappa shape index (κ2) is 5.47. The fourth-order valence-corrected chi connectivity index (χ4v) is 2.23. The minimum atomic E-state index is -0.225. The Labute approximate surface area is 101 Å². The summed E-state index contributed by atoms with van der Waals surface area (Å²) in [6.45, 7) is 2.60. The summed E-state index contributed by atoms with van der Waals surface area (Å²) in [5.41, 5.74) is 0.685. The lowest BCUT2D eigenvalue weighted by Gasteiger charge is -2.16. The van der Waals surface area contributed by atoms with Gasteiger partial charge >= 0.3 is 0 Å². The van der Waals surface area contributed by atoms with E-state index < -0.39 is 0 Å². The van der Waals surface area contributed by atoms with E-state index in [1.165, 1.54) is 13.2 Å². The third-order valence-electron chi connectivity index (χ3n) is 3.28. The van der Waals surface area contributed by atoms with Crippen LogP contribution in [-0.2, 0) is 6.54 Å². The predicted molar refractivity (Wildman–Crippen MR) is 63.4 cm³/mol. The van der Waals surface area contributed by atoms with Gasteiger partial charge in [0.2, 0.25) is 0 Å². The molecule has 1 aliphatic heterocycles. The second-order valence-corrected chi connectivity index (χ2v) is 4.53. The molecule has 0 aromatic heterocycles. The Balaban J connectivity index is 1.99. The number of ether oxygens (including phenoxy) is 1. The van der Waals surface area contributed by atoms with Crippen molar-refractivity contribution in [1.29, 1.82) is 0 Å². The van der Waals surface area contributed by atoms with Gasteiger partial charge < -0.3 is 9.84 Å². The van der Waals surface area contributed by atoms with Crippen LogP contribution in [0.25, 0.3) is 0 Å². The maximum atomic E-state index is 13.7. The van der Waals surface area contributed by atoms with Crippen LogP contribution in [0.2, 0.25) is 0 Å². The first-order valence-electron chi connectivity index (χ1n) is 5.88. The molecule has 1 atom stereocenters. The highest BCUT2D eigenvalue weighted by atomic mass is 19.1. The Kier molecular flexibility index (Phi) is 3.97. The minimum absolute atomic E-state index is 0.224. The molecule has 1 unspecified atom stereocenters. The van der Waals surface area contributed by atoms with Crippen molar-refractivity contribution in [3.63, 3.8) is 0 Å². The van der Waals surface area contributed by atoms with Crippen LogP contribution in [0, 0.1) is 11.7 Å². The number of aliphatic hydroxyl groups excluding tert-OH is 1. The first-order chi connectivity index (χ1) is 8.22. The maximum absolute atomic E-state index is 13.7. The quantitative estimate of drug-likeness (QED) is 0.867. The summed E-state index contributed by atoms with van der Waals surface area (Å²) < 4.78 is 18.7. The van der Waals surface area contributed by atoms with Gasteiger partial charge in [-0.05, 0) is 24.9 Å². The zero-order chi connectivity index (χ0) is 12.3. The molecular weight excluding hydrogens is 221 g/mol. The Morgan fingerprint density at radius 3 is 2.94 bits per heavy atom. The maximum Gasteiger partial charge on any atom is 0.131 e. The van der Waals surface area contributed by atoms with Crippen molar-refractivity contribution in [2.45, 2.75) is 13.0 Å². The molecule has 0 saturated carbocycles. The zero-order valence-electron chi connectivity index (χ0n) is 10.0. The van der Waals surface area contributed by atoms with Crippen molar-refractivity contribution in [1.82, 2.24) is 4.90 Å². The normalized spacial score (nSPS) is 20.8. The minimum Gasteiger partial charge on any atom is -0.497 e. The Morgan fingerprint density at radius 2 is 2.35 bits per heavy atom. The molecule has 0 radical (unpaired) electrons. The van der Waals surface area contributed by atoms with Crippen LogP contribution in [0.5, 0.6) is 5.75 Å². The van der Waals surface area contributed by atoms with Gasteiger partial charge in [-0.1, -0.05) is 6.07 Å². The van der Waals surface area contributed by atoms with Crippen molar-refractivity contribution >= 4 is 0 Å². The van der Waals surface area contributed by atoms with Gasteiger partial charge in [0.25, 0.3) is 0 Å². The largest absolute Gasteiger partial charge is 0.497 e. The third kappa shape index (κ3) is 2.96. The Morgan fingerprint density at radius 1 is 1.53 bits per heavy atom. The molecule has 2 rings (SSSR count). The number of likely N-dealkylation sites (tertiary alicyclic amines) is 1. The molecule has 17 heavy (non-hydrogen) atoms. The van der Waals surface area contributed by atoms with Crippen LogP contribution in [0.4, 0.5) is 4.39 Å². The summed E-state index contributed by atoms with van der Waals surface area (Å²) in [7, 11) is 1.53. The van der Waals surface area contributed by atoms with Gasteiger partial charge in [-0.3, -0.25) is 4.90 Å². The molecule has 1 aromatic carbocycles. The van der Waals surface area contributed by atoms with Crippen LogP contribution in [-0.4, -0.2) is 36.8 Å². The van der Waals surface area contributed by atoms with Gasteiger partial charge in [-0.25, -0.2) is 4.39 Å². The van der Waals surface area contributed by atoms with Crippen LogP contribution < -0.4 is 4.74 Å². The van der Waals surface area contributed by atoms with E-state index >= 15 is 0 Å². The summed E-state index contributed by atoms with van der Waals surface area (Å²) >= 11 is 0. The van der Waals surface area contributed by atoms with Crippen LogP contribution in [0.3, 0.4) is 0 Å². The number of rotatable bonds is 4. The number of hydrogen-bond donors (Lipinski definition) is 1. The lowest BCUT2D eigenvalue weighted by molar-refractivity contribution is 0.219. The Bertz CT molecular complexity index is 384. The molecule has 1 heterocycles. The summed E-state index contributed by atoms with van der Waals surface area (Å²) in [4.78, 5) is 2.17. The number of benzene rings is 1. The van der Waals surface area contributed by atoms with Gasteiger partial charge in [0.05, 0.1) is 7.11 Å². The molecule has 1 fully saturated rings. The number of halogens is 1. The SMILES string of the molecule is COc1ccc(CN2CCC(CO)C2)c(F)c1. The molecule has 1 aromatic rings. The van der Waals surface area contributed by atoms with Crippen molar-refractivity contribution in [3.8, 4) is 5.75 Å². The molecule has 0 bridgehead atoms. The third-order valence-corrected chi connectivity index (χ3v) is 3.28. The van der Waals surface area contributed by atoms with E-state index in [0.717, 1.165) is 19.5 Å². The standard InChI is InChI=1S/C13H18FNO2/c1-17-12-3-2-11(13(14)6-12)8-15-5-4-10(7-15)9-16/h2-3,6,10,16H,4-5,7-9H2,1H3. The molecule has 0 aliphatic carbocycles. The number of nitrogens with zero attached hydrogens (tertiary/aromatic N) is 1. The highest BCUT2D eigenvalue weighted by Gasteiger charge is 2.22.